The number of hydrogen-bond acceptors (Lipinski definition) is 5. The third-order valence-corrected chi connectivity index (χ3v) is 6.23. The Hall–Kier alpha value is -3.38. The highest BCUT2D eigenvalue weighted by Crippen LogP contribution is 2.38. The summed E-state index contributed by atoms with van der Waals surface area (Å²) in [6.45, 7) is 5.12. The molecule has 0 spiro atoms. The molecule has 0 saturated carbocycles. The van der Waals surface area contributed by atoms with E-state index in [1.54, 1.807) is 18.3 Å². The summed E-state index contributed by atoms with van der Waals surface area (Å²) in [5, 5.41) is 5.76. The fourth-order valence-electron chi connectivity index (χ4n) is 4.34. The highest BCUT2D eigenvalue weighted by molar-refractivity contribution is 7.18. The number of fused-ring (bicyclic) bond motifs is 1. The average Bonchev–Trinajstić information content (AvgIpc) is 3.42. The number of nitrogens with zero attached hydrogens (tertiary/aromatic N) is 3. The van der Waals surface area contributed by atoms with Crippen LogP contribution in [0.15, 0.2) is 43.1 Å². The minimum atomic E-state index is -1.49. The zero-order chi connectivity index (χ0) is 25.2. The predicted molar refractivity (Wildman–Crippen MR) is 136 cm³/mol. The lowest BCUT2D eigenvalue weighted by molar-refractivity contribution is 0.0949. The van der Waals surface area contributed by atoms with Crippen LogP contribution in [0, 0.1) is 0 Å². The van der Waals surface area contributed by atoms with E-state index in [0.29, 0.717) is 30.0 Å². The maximum atomic E-state index is 13.8. The molecular weight excluding hydrogens is 466 g/mol. The number of alkyl halides is 1. The first-order chi connectivity index (χ1) is 16.7. The lowest BCUT2D eigenvalue weighted by Gasteiger charge is -2.16. The van der Waals surface area contributed by atoms with Gasteiger partial charge in [-0.15, -0.1) is 0 Å². The van der Waals surface area contributed by atoms with E-state index in [4.69, 9.17) is 4.74 Å². The molecule has 0 radical (unpaired) electrons. The summed E-state index contributed by atoms with van der Waals surface area (Å²) in [7, 11) is 3.64. The number of ether oxygens (including phenoxy) is 1. The molecule has 1 aliphatic carbocycles. The number of carbonyl (C=O) groups excluding carboxylic acids is 2. The van der Waals surface area contributed by atoms with Crippen LogP contribution in [0.3, 0.4) is 0 Å². The molecule has 1 amide bonds. The van der Waals surface area contributed by atoms with E-state index in [9.17, 15) is 14.0 Å². The second-order valence-corrected chi connectivity index (χ2v) is 10.0. The predicted octanol–water partition coefficient (Wildman–Crippen LogP) is 4.29. The number of halogens is 1. The average molecular weight is 495 g/mol. The molecule has 2 aromatic heterocycles. The number of aromatic nitrogens is 3. The van der Waals surface area contributed by atoms with Crippen molar-refractivity contribution in [2.75, 3.05) is 13.7 Å². The van der Waals surface area contributed by atoms with Gasteiger partial charge in [0.25, 0.3) is 5.91 Å². The molecule has 3 atom stereocenters. The third-order valence-electron chi connectivity index (χ3n) is 6.06. The smallest absolute Gasteiger partial charge is 0.270 e. The first kappa shape index (κ1) is 24.7. The molecule has 3 unspecified atom stereocenters. The molecule has 4 rings (SSSR count). The summed E-state index contributed by atoms with van der Waals surface area (Å²) in [6, 6.07) is 9.34. The Morgan fingerprint density at radius 2 is 2.20 bits per heavy atom. The van der Waals surface area contributed by atoms with Crippen molar-refractivity contribution in [3.63, 3.8) is 0 Å². The van der Waals surface area contributed by atoms with Crippen LogP contribution in [-0.2, 0) is 12.8 Å². The zero-order valence-corrected chi connectivity index (χ0v) is 20.9. The molecule has 0 aliphatic heterocycles. The van der Waals surface area contributed by atoms with E-state index >= 15 is 0 Å². The van der Waals surface area contributed by atoms with E-state index in [-0.39, 0.29) is 23.8 Å². The third kappa shape index (κ3) is 5.33. The van der Waals surface area contributed by atoms with E-state index in [2.05, 4.69) is 31.2 Å². The number of amides is 1. The van der Waals surface area contributed by atoms with Crippen LogP contribution in [0.1, 0.15) is 62.5 Å². The highest BCUT2D eigenvalue weighted by atomic mass is 31.0. The second kappa shape index (κ2) is 10.1. The summed E-state index contributed by atoms with van der Waals surface area (Å²) in [5.41, 5.74) is 4.07. The lowest BCUT2D eigenvalue weighted by Crippen LogP contribution is -2.23. The Morgan fingerprint density at radius 1 is 1.40 bits per heavy atom. The van der Waals surface area contributed by atoms with E-state index in [1.165, 1.54) is 18.7 Å². The normalized spacial score (nSPS) is 16.3. The van der Waals surface area contributed by atoms with Crippen molar-refractivity contribution in [1.82, 2.24) is 20.1 Å². The van der Waals surface area contributed by atoms with Crippen molar-refractivity contribution >= 4 is 27.5 Å². The van der Waals surface area contributed by atoms with Gasteiger partial charge in [0.05, 0.1) is 11.3 Å². The van der Waals surface area contributed by atoms with E-state index in [0.717, 1.165) is 29.5 Å². The number of aryl methyl sites for hydroxylation is 1. The standard InChI is InChI=1S/C26H28FN4O3P/c1-4-16-5-10-23(29-13-16)31-24(25(33)28-3)21(14-32)22(30-31)12-18-7-6-17-11-19(8-9-20(17)18)34-15-26(2,27)35/h4-5,8-11,13-14,18H,1,6-7,12,15,35H2,2-3H3,(H,28,33). The van der Waals surface area contributed by atoms with Gasteiger partial charge in [0.15, 0.2) is 17.5 Å². The van der Waals surface area contributed by atoms with Gasteiger partial charge in [0, 0.05) is 13.2 Å². The van der Waals surface area contributed by atoms with Crippen molar-refractivity contribution < 1.29 is 18.7 Å². The zero-order valence-electron chi connectivity index (χ0n) is 19.8. The summed E-state index contributed by atoms with van der Waals surface area (Å²) < 4.78 is 20.8. The van der Waals surface area contributed by atoms with Crippen LogP contribution >= 0.6 is 9.24 Å². The monoisotopic (exact) mass is 494 g/mol. The Kier molecular flexibility index (Phi) is 7.13. The molecule has 9 heteroatoms. The van der Waals surface area contributed by atoms with Crippen molar-refractivity contribution in [2.24, 2.45) is 0 Å². The second-order valence-electron chi connectivity index (χ2n) is 8.84. The molecule has 0 saturated heterocycles. The molecule has 1 N–H and O–H groups in total. The minimum Gasteiger partial charge on any atom is -0.490 e. The Balaban J connectivity index is 1.65. The number of benzene rings is 1. The van der Waals surface area contributed by atoms with E-state index in [1.807, 2.05) is 24.3 Å². The van der Waals surface area contributed by atoms with Crippen LogP contribution < -0.4 is 10.1 Å². The van der Waals surface area contributed by atoms with E-state index < -0.39 is 11.3 Å². The summed E-state index contributed by atoms with van der Waals surface area (Å²) >= 11 is 0. The number of pyridine rings is 1. The van der Waals surface area contributed by atoms with Crippen LogP contribution in [0.5, 0.6) is 5.75 Å². The van der Waals surface area contributed by atoms with Gasteiger partial charge in [-0.1, -0.05) is 28.0 Å². The maximum absolute atomic E-state index is 13.8. The summed E-state index contributed by atoms with van der Waals surface area (Å²) in [6.07, 6.45) is 6.20. The number of hydrogen-bond donors (Lipinski definition) is 1. The Bertz CT molecular complexity index is 1260. The molecule has 0 bridgehead atoms. The number of nitrogens with one attached hydrogen (secondary N) is 1. The molecule has 3 aromatic rings. The molecule has 2 heterocycles. The van der Waals surface area contributed by atoms with Crippen LogP contribution in [0.2, 0.25) is 0 Å². The van der Waals surface area contributed by atoms with Crippen molar-refractivity contribution in [2.45, 2.75) is 37.5 Å². The van der Waals surface area contributed by atoms with Gasteiger partial charge in [0.1, 0.15) is 18.1 Å². The molecular formula is C26H28FN4O3P. The van der Waals surface area contributed by atoms with Gasteiger partial charge in [-0.2, -0.15) is 5.10 Å². The van der Waals surface area contributed by atoms with Gasteiger partial charge in [-0.05, 0) is 73.1 Å². The summed E-state index contributed by atoms with van der Waals surface area (Å²) in [5.74, 6) is 0.779. The minimum absolute atomic E-state index is 0.0515. The molecule has 1 aliphatic rings. The Labute approximate surface area is 206 Å². The largest absolute Gasteiger partial charge is 0.490 e. The summed E-state index contributed by atoms with van der Waals surface area (Å²) in [4.78, 5) is 29.2. The van der Waals surface area contributed by atoms with Crippen LogP contribution in [0.4, 0.5) is 4.39 Å². The van der Waals surface area contributed by atoms with Crippen molar-refractivity contribution in [3.05, 3.63) is 76.7 Å². The van der Waals surface area contributed by atoms with Gasteiger partial charge in [-0.3, -0.25) is 9.59 Å². The van der Waals surface area contributed by atoms with Crippen molar-refractivity contribution in [1.29, 1.82) is 0 Å². The number of aldehydes is 1. The maximum Gasteiger partial charge on any atom is 0.270 e. The van der Waals surface area contributed by atoms with Crippen LogP contribution in [0.25, 0.3) is 11.9 Å². The fraction of sp³-hybridized carbons (Fsp3) is 0.308. The van der Waals surface area contributed by atoms with Gasteiger partial charge >= 0.3 is 0 Å². The SMILES string of the molecule is C=Cc1ccc(-n2nc(CC3CCc4cc(OCC(C)(F)P)ccc43)c(C=O)c2C(=O)NC)nc1. The van der Waals surface area contributed by atoms with Gasteiger partial charge < -0.3 is 10.1 Å². The molecule has 182 valence electrons. The quantitative estimate of drug-likeness (QED) is 0.354. The number of carbonyl (C=O) groups is 2. The Morgan fingerprint density at radius 3 is 2.83 bits per heavy atom. The topological polar surface area (TPSA) is 86.1 Å². The van der Waals surface area contributed by atoms with Crippen LogP contribution in [-0.4, -0.2) is 46.0 Å². The molecule has 7 nitrogen and oxygen atoms in total. The van der Waals surface area contributed by atoms with Crippen molar-refractivity contribution in [3.8, 4) is 11.6 Å². The first-order valence-electron chi connectivity index (χ1n) is 11.4. The molecule has 1 aromatic carbocycles. The highest BCUT2D eigenvalue weighted by Gasteiger charge is 2.29. The molecule has 0 fully saturated rings. The fourth-order valence-corrected chi connectivity index (χ4v) is 4.42. The van der Waals surface area contributed by atoms with Gasteiger partial charge in [-0.25, -0.2) is 14.1 Å². The lowest BCUT2D eigenvalue weighted by atomic mass is 9.94. The first-order valence-corrected chi connectivity index (χ1v) is 11.9. The van der Waals surface area contributed by atoms with Gasteiger partial charge in [0.2, 0.25) is 0 Å². The number of rotatable bonds is 9. The molecule has 35 heavy (non-hydrogen) atoms.